The zero-order valence-electron chi connectivity index (χ0n) is 16.9. The molecule has 0 bridgehead atoms. The molecule has 0 radical (unpaired) electrons. The Bertz CT molecular complexity index is 698. The van der Waals surface area contributed by atoms with E-state index in [4.69, 9.17) is 9.26 Å². The minimum Gasteiger partial charge on any atom is -0.370 e. The maximum Gasteiger partial charge on any atom is 0.240 e. The molecule has 1 aromatic carbocycles. The lowest BCUT2D eigenvalue weighted by molar-refractivity contribution is 0.0402. The van der Waals surface area contributed by atoms with Gasteiger partial charge in [-0.2, -0.15) is 4.98 Å². The summed E-state index contributed by atoms with van der Waals surface area (Å²) in [4.78, 5) is 6.98. The number of benzene rings is 1. The van der Waals surface area contributed by atoms with Crippen molar-refractivity contribution in [1.29, 1.82) is 0 Å². The number of nitrogens with zero attached hydrogens (tertiary/aromatic N) is 3. The molecule has 6 nitrogen and oxygen atoms in total. The lowest BCUT2D eigenvalue weighted by atomic mass is 10.0. The molecule has 1 saturated heterocycles. The van der Waals surface area contributed by atoms with Gasteiger partial charge in [0.25, 0.3) is 0 Å². The first-order valence-corrected chi connectivity index (χ1v) is 10.0. The number of aromatic nitrogens is 2. The minimum absolute atomic E-state index is 0.148. The van der Waals surface area contributed by atoms with Crippen molar-refractivity contribution >= 4 is 0 Å². The molecule has 0 saturated carbocycles. The van der Waals surface area contributed by atoms with Crippen molar-refractivity contribution in [1.82, 2.24) is 20.4 Å². The molecule has 148 valence electrons. The molecule has 0 spiro atoms. The van der Waals surface area contributed by atoms with E-state index in [0.29, 0.717) is 36.8 Å². The Hall–Kier alpha value is -1.76. The molecular formula is C21H32N4O2. The molecule has 2 atom stereocenters. The highest BCUT2D eigenvalue weighted by Crippen LogP contribution is 2.25. The largest absolute Gasteiger partial charge is 0.370 e. The van der Waals surface area contributed by atoms with Crippen molar-refractivity contribution < 1.29 is 9.26 Å². The van der Waals surface area contributed by atoms with Gasteiger partial charge in [0.05, 0.1) is 6.54 Å². The summed E-state index contributed by atoms with van der Waals surface area (Å²) < 4.78 is 11.3. The fourth-order valence-corrected chi connectivity index (χ4v) is 3.32. The predicted molar refractivity (Wildman–Crippen MR) is 105 cm³/mol. The second-order valence-corrected chi connectivity index (χ2v) is 7.70. The van der Waals surface area contributed by atoms with Crippen molar-refractivity contribution in [2.75, 3.05) is 26.2 Å². The van der Waals surface area contributed by atoms with Gasteiger partial charge >= 0.3 is 0 Å². The highest BCUT2D eigenvalue weighted by molar-refractivity contribution is 5.25. The van der Waals surface area contributed by atoms with Gasteiger partial charge in [-0.15, -0.1) is 0 Å². The predicted octanol–water partition coefficient (Wildman–Crippen LogP) is 3.51. The average Bonchev–Trinajstić information content (AvgIpc) is 3.15. The van der Waals surface area contributed by atoms with Crippen LogP contribution in [0.4, 0.5) is 0 Å². The zero-order chi connectivity index (χ0) is 19.2. The van der Waals surface area contributed by atoms with Crippen LogP contribution in [0.2, 0.25) is 0 Å². The molecule has 6 heteroatoms. The van der Waals surface area contributed by atoms with E-state index in [2.05, 4.69) is 65.4 Å². The van der Waals surface area contributed by atoms with Crippen molar-refractivity contribution in [3.63, 3.8) is 0 Å². The number of ether oxygens (including phenoxy) is 1. The standard InChI is InChI=1S/C21H32N4O2/c1-5-17-6-8-18(9-7-17)19-12-22-10-11-25(19)13-20-23-21(24-27-20)16(4)26-14-15(2)3/h6-9,15-16,19,22H,5,10-14H2,1-4H3. The third kappa shape index (κ3) is 5.37. The van der Waals surface area contributed by atoms with Crippen molar-refractivity contribution in [3.05, 3.63) is 47.1 Å². The molecule has 1 N–H and O–H groups in total. The van der Waals surface area contributed by atoms with Gasteiger partial charge in [-0.3, -0.25) is 4.90 Å². The zero-order valence-corrected chi connectivity index (χ0v) is 16.9. The molecular weight excluding hydrogens is 340 g/mol. The molecule has 0 aliphatic carbocycles. The molecule has 1 aliphatic heterocycles. The number of hydrogen-bond acceptors (Lipinski definition) is 6. The number of hydrogen-bond donors (Lipinski definition) is 1. The Labute approximate surface area is 162 Å². The van der Waals surface area contributed by atoms with E-state index in [0.717, 1.165) is 26.1 Å². The van der Waals surface area contributed by atoms with Gasteiger partial charge in [0, 0.05) is 32.3 Å². The van der Waals surface area contributed by atoms with Crippen LogP contribution in [0.5, 0.6) is 0 Å². The van der Waals surface area contributed by atoms with Crippen molar-refractivity contribution in [2.24, 2.45) is 5.92 Å². The number of aryl methyl sites for hydroxylation is 1. The van der Waals surface area contributed by atoms with Crippen molar-refractivity contribution in [3.8, 4) is 0 Å². The van der Waals surface area contributed by atoms with Gasteiger partial charge < -0.3 is 14.6 Å². The van der Waals surface area contributed by atoms with Crippen LogP contribution in [-0.2, 0) is 17.7 Å². The molecule has 1 aliphatic rings. The Morgan fingerprint density at radius 2 is 2.04 bits per heavy atom. The van der Waals surface area contributed by atoms with Crippen LogP contribution in [0, 0.1) is 5.92 Å². The summed E-state index contributed by atoms with van der Waals surface area (Å²) in [5.41, 5.74) is 2.69. The summed E-state index contributed by atoms with van der Waals surface area (Å²) >= 11 is 0. The van der Waals surface area contributed by atoms with Crippen LogP contribution in [0.15, 0.2) is 28.8 Å². The Kier molecular flexibility index (Phi) is 6.99. The summed E-state index contributed by atoms with van der Waals surface area (Å²) in [5.74, 6) is 1.77. The quantitative estimate of drug-likeness (QED) is 0.765. The number of rotatable bonds is 8. The van der Waals surface area contributed by atoms with E-state index in [1.807, 2.05) is 6.92 Å². The Balaban J connectivity index is 1.65. The molecule has 1 fully saturated rings. The van der Waals surface area contributed by atoms with Crippen molar-refractivity contribution in [2.45, 2.75) is 52.8 Å². The topological polar surface area (TPSA) is 63.4 Å². The smallest absolute Gasteiger partial charge is 0.240 e. The molecule has 2 heterocycles. The fraction of sp³-hybridized carbons (Fsp3) is 0.619. The van der Waals surface area contributed by atoms with E-state index in [1.54, 1.807) is 0 Å². The minimum atomic E-state index is -0.148. The Morgan fingerprint density at radius 3 is 2.74 bits per heavy atom. The first-order valence-electron chi connectivity index (χ1n) is 10.0. The molecule has 27 heavy (non-hydrogen) atoms. The monoisotopic (exact) mass is 372 g/mol. The first-order chi connectivity index (χ1) is 13.1. The SMILES string of the molecule is CCc1ccc(C2CNCCN2Cc2nc(C(C)OCC(C)C)no2)cc1. The van der Waals surface area contributed by atoms with E-state index in [1.165, 1.54) is 11.1 Å². The van der Waals surface area contributed by atoms with Gasteiger partial charge in [0.15, 0.2) is 5.82 Å². The number of nitrogens with one attached hydrogen (secondary N) is 1. The lowest BCUT2D eigenvalue weighted by Crippen LogP contribution is -2.45. The van der Waals surface area contributed by atoms with Gasteiger partial charge in [0.2, 0.25) is 5.89 Å². The maximum absolute atomic E-state index is 5.80. The average molecular weight is 373 g/mol. The fourth-order valence-electron chi connectivity index (χ4n) is 3.32. The molecule has 2 aromatic rings. The van der Waals surface area contributed by atoms with E-state index < -0.39 is 0 Å². The maximum atomic E-state index is 5.80. The summed E-state index contributed by atoms with van der Waals surface area (Å²) in [5, 5.41) is 7.63. The lowest BCUT2D eigenvalue weighted by Gasteiger charge is -2.35. The molecule has 3 rings (SSSR count). The van der Waals surface area contributed by atoms with Gasteiger partial charge in [0.1, 0.15) is 6.10 Å². The van der Waals surface area contributed by atoms with E-state index in [-0.39, 0.29) is 6.10 Å². The van der Waals surface area contributed by atoms with Crippen LogP contribution in [0.25, 0.3) is 0 Å². The van der Waals surface area contributed by atoms with Crippen LogP contribution in [0.3, 0.4) is 0 Å². The highest BCUT2D eigenvalue weighted by Gasteiger charge is 2.26. The van der Waals surface area contributed by atoms with E-state index >= 15 is 0 Å². The highest BCUT2D eigenvalue weighted by atomic mass is 16.5. The van der Waals surface area contributed by atoms with Crippen LogP contribution < -0.4 is 5.32 Å². The third-order valence-electron chi connectivity index (χ3n) is 4.99. The second kappa shape index (κ2) is 9.44. The summed E-state index contributed by atoms with van der Waals surface area (Å²) in [6, 6.07) is 9.24. The summed E-state index contributed by atoms with van der Waals surface area (Å²) in [6.45, 7) is 12.6. The van der Waals surface area contributed by atoms with E-state index in [9.17, 15) is 0 Å². The van der Waals surface area contributed by atoms with Crippen LogP contribution in [-0.4, -0.2) is 41.3 Å². The van der Waals surface area contributed by atoms with Crippen LogP contribution >= 0.6 is 0 Å². The third-order valence-corrected chi connectivity index (χ3v) is 4.99. The van der Waals surface area contributed by atoms with Crippen LogP contribution in [0.1, 0.15) is 62.7 Å². The second-order valence-electron chi connectivity index (χ2n) is 7.70. The van der Waals surface area contributed by atoms with Gasteiger partial charge in [-0.25, -0.2) is 0 Å². The first kappa shape index (κ1) is 20.0. The summed E-state index contributed by atoms with van der Waals surface area (Å²) in [6.07, 6.45) is 0.916. The normalized spacial score (nSPS) is 19.5. The summed E-state index contributed by atoms with van der Waals surface area (Å²) in [7, 11) is 0. The molecule has 0 amide bonds. The Morgan fingerprint density at radius 1 is 1.26 bits per heavy atom. The molecule has 1 aromatic heterocycles. The van der Waals surface area contributed by atoms with Gasteiger partial charge in [-0.1, -0.05) is 50.2 Å². The molecule has 2 unspecified atom stereocenters. The number of piperazine rings is 1. The van der Waals surface area contributed by atoms with Gasteiger partial charge in [-0.05, 0) is 30.4 Å².